The van der Waals surface area contributed by atoms with E-state index in [2.05, 4.69) is 51.2 Å². The van der Waals surface area contributed by atoms with Crippen molar-refractivity contribution in [3.05, 3.63) is 47.5 Å². The molecule has 388 valence electrons. The highest BCUT2D eigenvalue weighted by Gasteiger charge is 2.22. The first-order valence-electron chi connectivity index (χ1n) is 20.5. The van der Waals surface area contributed by atoms with Gasteiger partial charge >= 0.3 is 0 Å². The SMILES string of the molecule is O=S(=O)(O)CCNc1nc(Nc2ccc(/C=C/c3ccc(Nc4nc(NCCS(=O)(=O)O)nc(N(CCO)CC(O)CCO)n4)cc3S(=O)(=O)O)c(S(=O)(=O)O)c2)nc(N(CCO)CCC(O)CO)n1. The molecule has 2 aromatic heterocycles. The van der Waals surface area contributed by atoms with Gasteiger partial charge < -0.3 is 61.7 Å². The van der Waals surface area contributed by atoms with Gasteiger partial charge in [-0.25, -0.2) is 0 Å². The van der Waals surface area contributed by atoms with Crippen LogP contribution < -0.4 is 31.1 Å². The van der Waals surface area contributed by atoms with Crippen molar-refractivity contribution in [3.63, 3.8) is 0 Å². The van der Waals surface area contributed by atoms with Gasteiger partial charge in [0.15, 0.2) is 0 Å². The van der Waals surface area contributed by atoms with Gasteiger partial charge in [0.25, 0.3) is 40.5 Å². The van der Waals surface area contributed by atoms with Crippen LogP contribution in [0.3, 0.4) is 0 Å². The molecule has 0 bridgehead atoms. The lowest BCUT2D eigenvalue weighted by atomic mass is 10.1. The second kappa shape index (κ2) is 25.5. The van der Waals surface area contributed by atoms with E-state index in [9.17, 15) is 73.4 Å². The summed E-state index contributed by atoms with van der Waals surface area (Å²) >= 11 is 0. The molecule has 4 rings (SSSR count). The van der Waals surface area contributed by atoms with Gasteiger partial charge in [-0.15, -0.1) is 0 Å². The summed E-state index contributed by atoms with van der Waals surface area (Å²) in [6.07, 6.45) is -0.132. The van der Waals surface area contributed by atoms with Gasteiger partial charge in [-0.05, 0) is 48.2 Å². The molecular weight excluding hydrogens is 1020 g/mol. The number of hydrogen-bond acceptors (Lipinski definition) is 26. The molecule has 2 atom stereocenters. The van der Waals surface area contributed by atoms with Crippen molar-refractivity contribution < 1.29 is 82.5 Å². The van der Waals surface area contributed by atoms with E-state index >= 15 is 0 Å². The van der Waals surface area contributed by atoms with Crippen molar-refractivity contribution >= 4 is 99.7 Å². The minimum Gasteiger partial charge on any atom is -0.396 e. The fraction of sp³-hybridized carbons (Fsp3) is 0.444. The molecule has 34 heteroatoms. The smallest absolute Gasteiger partial charge is 0.295 e. The van der Waals surface area contributed by atoms with Crippen LogP contribution in [0.1, 0.15) is 24.0 Å². The third-order valence-corrected chi connectivity index (χ3v) is 12.5. The average Bonchev–Trinajstić information content (AvgIpc) is 3.25. The summed E-state index contributed by atoms with van der Waals surface area (Å²) in [4.78, 5) is 26.4. The summed E-state index contributed by atoms with van der Waals surface area (Å²) in [5, 5.41) is 68.8. The van der Waals surface area contributed by atoms with Crippen molar-refractivity contribution in [3.8, 4) is 0 Å². The Morgan fingerprint density at radius 3 is 1.36 bits per heavy atom. The molecule has 0 spiro atoms. The molecular formula is C36H52N12O18S4. The van der Waals surface area contributed by atoms with Crippen molar-refractivity contribution in [1.82, 2.24) is 29.9 Å². The lowest BCUT2D eigenvalue weighted by molar-refractivity contribution is 0.0895. The van der Waals surface area contributed by atoms with E-state index in [-0.39, 0.29) is 110 Å². The van der Waals surface area contributed by atoms with Crippen LogP contribution in [-0.2, 0) is 40.5 Å². The highest BCUT2D eigenvalue weighted by atomic mass is 32.2. The molecule has 0 aliphatic heterocycles. The molecule has 0 saturated carbocycles. The van der Waals surface area contributed by atoms with Gasteiger partial charge in [0.1, 0.15) is 9.79 Å². The maximum absolute atomic E-state index is 12.7. The van der Waals surface area contributed by atoms with Gasteiger partial charge in [-0.1, -0.05) is 24.3 Å². The largest absolute Gasteiger partial charge is 0.396 e. The highest BCUT2D eigenvalue weighted by Crippen LogP contribution is 2.29. The van der Waals surface area contributed by atoms with Crippen LogP contribution in [0.25, 0.3) is 12.2 Å². The number of nitrogens with zero attached hydrogens (tertiary/aromatic N) is 8. The fourth-order valence-electron chi connectivity index (χ4n) is 5.97. The predicted octanol–water partition coefficient (Wildman–Crippen LogP) is -2.11. The number of hydrogen-bond donors (Lipinski definition) is 14. The fourth-order valence-corrected chi connectivity index (χ4v) is 8.11. The van der Waals surface area contributed by atoms with E-state index in [0.29, 0.717) is 0 Å². The van der Waals surface area contributed by atoms with E-state index in [0.717, 1.165) is 24.3 Å². The van der Waals surface area contributed by atoms with Gasteiger partial charge in [0.05, 0.1) is 43.5 Å². The standard InChI is InChI=1S/C36H52N12O18S4/c49-14-8-27(53)21-48(13-16-51)36-44-32(38-10-18-68(58,59)60)42-34(46-36)40-26-6-4-24(30(20-26)70(64,65)66)2-1-23-3-5-25(19-29(23)69(61,62)63)39-33-41-31(37-9-17-67(55,56)57)43-35(45-33)47(12-15-50)11-7-28(54)22-52/h1-6,19-20,27-28,49-54H,7-18,21-22H2,(H,55,56,57)(H,58,59,60)(H,61,62,63)(H,64,65,66)(H2,37,39,41,43,45)(H2,38,40,42,44,46)/b2-1+. The van der Waals surface area contributed by atoms with Crippen LogP contribution in [0.15, 0.2) is 46.2 Å². The van der Waals surface area contributed by atoms with Crippen molar-refractivity contribution in [2.45, 2.75) is 34.8 Å². The molecule has 2 unspecified atom stereocenters. The Kier molecular flexibility index (Phi) is 20.8. The molecule has 0 aliphatic rings. The summed E-state index contributed by atoms with van der Waals surface area (Å²) in [6, 6.07) is 6.87. The molecule has 14 N–H and O–H groups in total. The van der Waals surface area contributed by atoms with E-state index in [4.69, 9.17) is 9.11 Å². The lowest BCUT2D eigenvalue weighted by Crippen LogP contribution is -2.36. The third kappa shape index (κ3) is 19.0. The first kappa shape index (κ1) is 57.0. The zero-order valence-corrected chi connectivity index (χ0v) is 39.9. The molecule has 4 aromatic rings. The number of nitrogens with one attached hydrogen (secondary N) is 4. The van der Waals surface area contributed by atoms with Crippen LogP contribution in [0.2, 0.25) is 0 Å². The second-order valence-corrected chi connectivity index (χ2v) is 20.6. The van der Waals surface area contributed by atoms with E-state index < -0.39 is 100 Å². The Morgan fingerprint density at radius 2 is 0.957 bits per heavy atom. The minimum absolute atomic E-state index is 0.00401. The lowest BCUT2D eigenvalue weighted by Gasteiger charge is -2.25. The number of aliphatic hydroxyl groups excluding tert-OH is 6. The zero-order chi connectivity index (χ0) is 51.9. The van der Waals surface area contributed by atoms with Gasteiger partial charge in [-0.2, -0.15) is 63.6 Å². The van der Waals surface area contributed by atoms with Crippen LogP contribution in [0.4, 0.5) is 47.1 Å². The highest BCUT2D eigenvalue weighted by molar-refractivity contribution is 7.86. The van der Waals surface area contributed by atoms with E-state index in [1.807, 2.05) is 0 Å². The number of anilines is 8. The summed E-state index contributed by atoms with van der Waals surface area (Å²) < 4.78 is 135. The van der Waals surface area contributed by atoms with Crippen LogP contribution in [-0.4, -0.2) is 202 Å². The average molecular weight is 1070 g/mol. The van der Waals surface area contributed by atoms with Gasteiger partial charge in [0.2, 0.25) is 35.7 Å². The normalized spacial score (nSPS) is 13.2. The molecule has 0 saturated heterocycles. The predicted molar refractivity (Wildman–Crippen MR) is 251 cm³/mol. The van der Waals surface area contributed by atoms with Gasteiger partial charge in [-0.3, -0.25) is 18.2 Å². The first-order chi connectivity index (χ1) is 32.8. The molecule has 2 aromatic carbocycles. The molecule has 0 amide bonds. The summed E-state index contributed by atoms with van der Waals surface area (Å²) in [5.74, 6) is -2.97. The Bertz CT molecular complexity index is 2890. The van der Waals surface area contributed by atoms with E-state index in [1.54, 1.807) is 0 Å². The van der Waals surface area contributed by atoms with Crippen LogP contribution in [0.5, 0.6) is 0 Å². The Hall–Kier alpha value is -5.60. The molecule has 0 radical (unpaired) electrons. The Balaban J connectivity index is 1.71. The van der Waals surface area contributed by atoms with Crippen molar-refractivity contribution in [1.29, 1.82) is 0 Å². The summed E-state index contributed by atoms with van der Waals surface area (Å²) in [7, 11) is -19.0. The van der Waals surface area contributed by atoms with E-state index in [1.165, 1.54) is 34.1 Å². The minimum atomic E-state index is -5.06. The topological polar surface area (TPSA) is 471 Å². The number of benzene rings is 2. The second-order valence-electron chi connectivity index (χ2n) is 14.7. The van der Waals surface area contributed by atoms with Crippen LogP contribution in [0, 0.1) is 0 Å². The summed E-state index contributed by atoms with van der Waals surface area (Å²) in [5.41, 5.74) is -0.559. The Morgan fingerprint density at radius 1 is 0.529 bits per heavy atom. The maximum atomic E-state index is 12.7. The monoisotopic (exact) mass is 1070 g/mol. The third-order valence-electron chi connectivity index (χ3n) is 9.21. The summed E-state index contributed by atoms with van der Waals surface area (Å²) in [6.45, 7) is -3.04. The maximum Gasteiger partial charge on any atom is 0.295 e. The Labute approximate surface area is 401 Å². The molecule has 2 heterocycles. The molecule has 70 heavy (non-hydrogen) atoms. The molecule has 0 fully saturated rings. The van der Waals surface area contributed by atoms with Crippen molar-refractivity contribution in [2.24, 2.45) is 0 Å². The van der Waals surface area contributed by atoms with Crippen LogP contribution >= 0.6 is 0 Å². The zero-order valence-electron chi connectivity index (χ0n) is 36.6. The number of aliphatic hydroxyl groups is 6. The van der Waals surface area contributed by atoms with Gasteiger partial charge in [0, 0.05) is 57.3 Å². The first-order valence-corrected chi connectivity index (χ1v) is 26.6. The number of rotatable bonds is 30. The quantitative estimate of drug-likeness (QED) is 0.0196. The molecule has 30 nitrogen and oxygen atoms in total. The number of aromatic nitrogens is 6. The van der Waals surface area contributed by atoms with Crippen molar-refractivity contribution in [2.75, 3.05) is 108 Å². The molecule has 0 aliphatic carbocycles.